The van der Waals surface area contributed by atoms with E-state index in [-0.39, 0.29) is 55.0 Å². The second-order valence-electron chi connectivity index (χ2n) is 13.3. The number of benzene rings is 3. The maximum absolute atomic E-state index is 14.9. The van der Waals surface area contributed by atoms with Crippen molar-refractivity contribution in [3.8, 4) is 11.5 Å². The highest BCUT2D eigenvalue weighted by Gasteiger charge is 2.66. The lowest BCUT2D eigenvalue weighted by Gasteiger charge is -2.37. The molecule has 0 radical (unpaired) electrons. The molecule has 2 amide bonds. The van der Waals surface area contributed by atoms with Crippen LogP contribution in [0.4, 0.5) is 17.1 Å². The third-order valence-corrected chi connectivity index (χ3v) is 14.8. The van der Waals surface area contributed by atoms with Crippen LogP contribution in [0.25, 0.3) is 0 Å². The fraction of sp³-hybridized carbons (Fsp3) is 0.432. The second kappa shape index (κ2) is 13.4. The molecule has 0 saturated carbocycles. The first-order chi connectivity index (χ1) is 23.1. The van der Waals surface area contributed by atoms with Crippen molar-refractivity contribution in [2.24, 2.45) is 5.92 Å². The Labute approximate surface area is 282 Å². The Hall–Kier alpha value is -4.19. The molecule has 0 aromatic heterocycles. The molecule has 0 unspecified atom stereocenters. The van der Waals surface area contributed by atoms with Crippen LogP contribution in [0.2, 0.25) is 18.6 Å². The van der Waals surface area contributed by atoms with Crippen LogP contribution < -0.4 is 24.5 Å². The smallest absolute Gasteiger partial charge is 0.305 e. The Morgan fingerprint density at radius 3 is 2.48 bits per heavy atom. The first-order valence-corrected chi connectivity index (χ1v) is 19.7. The SMILES string of the molecule is COC(=O)CCCCN1C(=O)[C@@]2(O[C@@H](CCO)[C@H]([Si](C)(C)c3ccc(OC)cc3)[C@H]2C)c2cc(N3C(=O)COc4ccccc43)ccc21. The van der Waals surface area contributed by atoms with Crippen LogP contribution in [-0.4, -0.2) is 71.0 Å². The predicted molar refractivity (Wildman–Crippen MR) is 185 cm³/mol. The van der Waals surface area contributed by atoms with Gasteiger partial charge in [-0.3, -0.25) is 19.3 Å². The van der Waals surface area contributed by atoms with E-state index in [9.17, 15) is 19.5 Å². The van der Waals surface area contributed by atoms with Crippen LogP contribution in [0.1, 0.15) is 38.2 Å². The third-order valence-electron chi connectivity index (χ3n) is 10.4. The summed E-state index contributed by atoms with van der Waals surface area (Å²) in [5.41, 5.74) is 1.35. The number of rotatable bonds is 11. The van der Waals surface area contributed by atoms with Gasteiger partial charge in [0.05, 0.1) is 39.8 Å². The number of carbonyl (C=O) groups excluding carboxylic acids is 3. The highest BCUT2D eigenvalue weighted by atomic mass is 28.3. The van der Waals surface area contributed by atoms with Gasteiger partial charge in [0, 0.05) is 36.7 Å². The monoisotopic (exact) mass is 672 g/mol. The van der Waals surface area contributed by atoms with Crippen molar-refractivity contribution in [2.45, 2.75) is 62.9 Å². The molecule has 48 heavy (non-hydrogen) atoms. The van der Waals surface area contributed by atoms with Gasteiger partial charge in [-0.1, -0.05) is 49.5 Å². The van der Waals surface area contributed by atoms with Crippen LogP contribution in [0, 0.1) is 5.92 Å². The zero-order valence-electron chi connectivity index (χ0n) is 28.2. The fourth-order valence-electron chi connectivity index (χ4n) is 8.09. The summed E-state index contributed by atoms with van der Waals surface area (Å²) in [5.74, 6) is 0.476. The lowest BCUT2D eigenvalue weighted by molar-refractivity contribution is -0.146. The standard InChI is InChI=1S/C37H44N2O8Si/c1-24-35(48(4,5)27-16-14-26(44-2)15-17-27)32(19-21-40)47-37(24)28-22-25(39-30-10-6-7-11-31(30)46-23-33(39)41)13-18-29(28)38(36(37)43)20-9-8-12-34(42)45-3/h6-7,10-11,13-18,22,24,32,35,40H,8-9,12,19-21,23H2,1-5H3/t24-,32+,35-,37+/m1/s1. The molecule has 10 nitrogen and oxygen atoms in total. The first-order valence-electron chi connectivity index (χ1n) is 16.6. The molecule has 6 rings (SSSR count). The van der Waals surface area contributed by atoms with Crippen LogP contribution in [0.5, 0.6) is 11.5 Å². The molecule has 3 aliphatic heterocycles. The van der Waals surface area contributed by atoms with Gasteiger partial charge in [-0.2, -0.15) is 0 Å². The highest BCUT2D eigenvalue weighted by Crippen LogP contribution is 2.60. The molecule has 254 valence electrons. The van der Waals surface area contributed by atoms with Gasteiger partial charge in [0.2, 0.25) is 0 Å². The second-order valence-corrected chi connectivity index (χ2v) is 18.0. The van der Waals surface area contributed by atoms with Crippen molar-refractivity contribution in [3.05, 3.63) is 72.3 Å². The van der Waals surface area contributed by atoms with Gasteiger partial charge in [0.15, 0.2) is 12.2 Å². The topological polar surface area (TPSA) is 115 Å². The molecular weight excluding hydrogens is 628 g/mol. The summed E-state index contributed by atoms with van der Waals surface area (Å²) >= 11 is 0. The molecule has 1 N–H and O–H groups in total. The zero-order chi connectivity index (χ0) is 34.2. The minimum atomic E-state index is -2.36. The average molecular weight is 673 g/mol. The van der Waals surface area contributed by atoms with E-state index < -0.39 is 13.7 Å². The Bertz CT molecular complexity index is 1690. The first kappa shape index (κ1) is 33.7. The molecule has 1 spiro atoms. The van der Waals surface area contributed by atoms with Crippen molar-refractivity contribution in [2.75, 3.05) is 43.8 Å². The van der Waals surface area contributed by atoms with E-state index in [0.29, 0.717) is 48.5 Å². The Morgan fingerprint density at radius 1 is 1.02 bits per heavy atom. The average Bonchev–Trinajstić information content (AvgIpc) is 3.52. The van der Waals surface area contributed by atoms with E-state index in [4.69, 9.17) is 18.9 Å². The molecule has 3 heterocycles. The van der Waals surface area contributed by atoms with Crippen LogP contribution in [0.15, 0.2) is 66.7 Å². The molecule has 3 aliphatic rings. The minimum absolute atomic E-state index is 0.0245. The highest BCUT2D eigenvalue weighted by molar-refractivity contribution is 6.91. The van der Waals surface area contributed by atoms with Crippen molar-refractivity contribution >= 4 is 48.1 Å². The van der Waals surface area contributed by atoms with Gasteiger partial charge in [-0.25, -0.2) is 0 Å². The largest absolute Gasteiger partial charge is 0.497 e. The Kier molecular flexibility index (Phi) is 9.39. The third kappa shape index (κ3) is 5.57. The molecule has 0 aliphatic carbocycles. The van der Waals surface area contributed by atoms with Gasteiger partial charge in [0.1, 0.15) is 11.5 Å². The predicted octanol–water partition coefficient (Wildman–Crippen LogP) is 5.04. The number of carbonyl (C=O) groups is 3. The number of unbranched alkanes of at least 4 members (excludes halogenated alkanes) is 1. The van der Waals surface area contributed by atoms with Gasteiger partial charge in [0.25, 0.3) is 11.8 Å². The van der Waals surface area contributed by atoms with Gasteiger partial charge in [-0.05, 0) is 67.3 Å². The van der Waals surface area contributed by atoms with Crippen molar-refractivity contribution in [1.29, 1.82) is 0 Å². The Balaban J connectivity index is 1.45. The summed E-state index contributed by atoms with van der Waals surface area (Å²) < 4.78 is 23.0. The number of aliphatic hydroxyl groups excluding tert-OH is 1. The van der Waals surface area contributed by atoms with Crippen molar-refractivity contribution in [3.63, 3.8) is 0 Å². The molecular formula is C37H44N2O8Si. The number of hydrogen-bond acceptors (Lipinski definition) is 8. The summed E-state index contributed by atoms with van der Waals surface area (Å²) in [6, 6.07) is 21.3. The number of hydrogen-bond donors (Lipinski definition) is 1. The number of methoxy groups -OCH3 is 2. The van der Waals surface area contributed by atoms with Gasteiger partial charge >= 0.3 is 5.97 Å². The zero-order valence-corrected chi connectivity index (χ0v) is 29.2. The quantitative estimate of drug-likeness (QED) is 0.171. The molecule has 1 fully saturated rings. The molecule has 4 atom stereocenters. The summed E-state index contributed by atoms with van der Waals surface area (Å²) in [5, 5.41) is 11.5. The molecule has 3 aromatic carbocycles. The number of anilines is 3. The van der Waals surface area contributed by atoms with Crippen molar-refractivity contribution in [1.82, 2.24) is 0 Å². The number of amides is 2. The number of nitrogens with zero attached hydrogens (tertiary/aromatic N) is 2. The maximum atomic E-state index is 14.9. The maximum Gasteiger partial charge on any atom is 0.305 e. The van der Waals surface area contributed by atoms with E-state index in [1.165, 1.54) is 12.3 Å². The molecule has 0 bridgehead atoms. The van der Waals surface area contributed by atoms with Crippen molar-refractivity contribution < 1.29 is 38.4 Å². The normalized spacial score (nSPS) is 23.2. The number of esters is 1. The number of fused-ring (bicyclic) bond motifs is 3. The van der Waals surface area contributed by atoms with E-state index in [2.05, 4.69) is 32.2 Å². The van der Waals surface area contributed by atoms with Crippen LogP contribution in [-0.2, 0) is 29.5 Å². The molecule has 1 saturated heterocycles. The van der Waals surface area contributed by atoms with Crippen LogP contribution >= 0.6 is 0 Å². The molecule has 3 aromatic rings. The summed E-state index contributed by atoms with van der Waals surface area (Å²) in [6.07, 6.45) is 1.44. The van der Waals surface area contributed by atoms with E-state index in [0.717, 1.165) is 11.4 Å². The summed E-state index contributed by atoms with van der Waals surface area (Å²) in [6.45, 7) is 6.92. The van der Waals surface area contributed by atoms with E-state index >= 15 is 0 Å². The summed E-state index contributed by atoms with van der Waals surface area (Å²) in [7, 11) is 0.658. The Morgan fingerprint density at radius 2 is 1.77 bits per heavy atom. The van der Waals surface area contributed by atoms with Gasteiger partial charge < -0.3 is 29.0 Å². The lowest BCUT2D eigenvalue weighted by atomic mass is 9.82. The number of aliphatic hydroxyl groups is 1. The fourth-order valence-corrected chi connectivity index (χ4v) is 12.1. The van der Waals surface area contributed by atoms with E-state index in [1.807, 2.05) is 54.6 Å². The molecule has 11 heteroatoms. The number of ether oxygens (including phenoxy) is 4. The van der Waals surface area contributed by atoms with Gasteiger partial charge in [-0.15, -0.1) is 0 Å². The lowest BCUT2D eigenvalue weighted by Crippen LogP contribution is -2.52. The minimum Gasteiger partial charge on any atom is -0.497 e. The number of para-hydroxylation sites is 2. The van der Waals surface area contributed by atoms with Crippen LogP contribution in [0.3, 0.4) is 0 Å². The summed E-state index contributed by atoms with van der Waals surface area (Å²) in [4.78, 5) is 43.5. The van der Waals surface area contributed by atoms with E-state index in [1.54, 1.807) is 16.9 Å².